The van der Waals surface area contributed by atoms with Crippen molar-refractivity contribution in [2.24, 2.45) is 11.3 Å². The molecule has 25 heavy (non-hydrogen) atoms. The Morgan fingerprint density at radius 1 is 1.40 bits per heavy atom. The molecule has 4 nitrogen and oxygen atoms in total. The molecule has 2 amide bonds. The zero-order valence-corrected chi connectivity index (χ0v) is 16.3. The molecule has 1 fully saturated rings. The van der Waals surface area contributed by atoms with Crippen molar-refractivity contribution in [2.45, 2.75) is 78.7 Å². The maximum absolute atomic E-state index is 12.3. The van der Waals surface area contributed by atoms with Crippen molar-refractivity contribution in [3.8, 4) is 0 Å². The van der Waals surface area contributed by atoms with Crippen LogP contribution in [-0.2, 0) is 9.59 Å². The number of rotatable bonds is 5. The maximum Gasteiger partial charge on any atom is 0.244 e. The van der Waals surface area contributed by atoms with Gasteiger partial charge >= 0.3 is 0 Å². The van der Waals surface area contributed by atoms with Crippen molar-refractivity contribution in [3.63, 3.8) is 0 Å². The van der Waals surface area contributed by atoms with Crippen LogP contribution < -0.4 is 10.6 Å². The van der Waals surface area contributed by atoms with E-state index in [4.69, 9.17) is 0 Å². The number of amides is 2. The van der Waals surface area contributed by atoms with Crippen LogP contribution in [0.1, 0.15) is 72.6 Å². The van der Waals surface area contributed by atoms with E-state index in [0.29, 0.717) is 12.5 Å². The summed E-state index contributed by atoms with van der Waals surface area (Å²) < 4.78 is 0. The topological polar surface area (TPSA) is 58.2 Å². The number of hydrogen-bond acceptors (Lipinski definition) is 2. The Morgan fingerprint density at radius 3 is 2.88 bits per heavy atom. The minimum absolute atomic E-state index is 0.0544. The predicted molar refractivity (Wildman–Crippen MR) is 102 cm³/mol. The number of allylic oxidation sites excluding steroid dienone is 3. The Bertz CT molecular complexity index is 564. The summed E-state index contributed by atoms with van der Waals surface area (Å²) in [4.78, 5) is 24.2. The number of nitrogens with one attached hydrogen (secondary N) is 2. The highest BCUT2D eigenvalue weighted by Crippen LogP contribution is 2.45. The Labute approximate surface area is 152 Å². The van der Waals surface area contributed by atoms with Gasteiger partial charge in [0.2, 0.25) is 11.8 Å². The monoisotopic (exact) mass is 346 g/mol. The Hall–Kier alpha value is -1.58. The minimum Gasteiger partial charge on any atom is -0.354 e. The van der Waals surface area contributed by atoms with Gasteiger partial charge in [0.1, 0.15) is 6.04 Å². The minimum atomic E-state index is -0.389. The Kier molecular flexibility index (Phi) is 6.86. The summed E-state index contributed by atoms with van der Waals surface area (Å²) in [6.45, 7) is 9.66. The largest absolute Gasteiger partial charge is 0.354 e. The molecule has 1 aliphatic heterocycles. The molecule has 1 heterocycles. The van der Waals surface area contributed by atoms with Crippen molar-refractivity contribution in [1.29, 1.82) is 0 Å². The molecule has 1 aliphatic carbocycles. The summed E-state index contributed by atoms with van der Waals surface area (Å²) in [5.41, 5.74) is 2.79. The molecule has 1 saturated heterocycles. The van der Waals surface area contributed by atoms with Crippen molar-refractivity contribution in [2.75, 3.05) is 6.54 Å². The fraction of sp³-hybridized carbons (Fsp3) is 0.714. The third-order valence-corrected chi connectivity index (χ3v) is 6.31. The molecule has 0 saturated carbocycles. The van der Waals surface area contributed by atoms with Gasteiger partial charge in [0.15, 0.2) is 0 Å². The van der Waals surface area contributed by atoms with Gasteiger partial charge in [-0.15, -0.1) is 0 Å². The lowest BCUT2D eigenvalue weighted by Crippen LogP contribution is -2.45. The fourth-order valence-corrected chi connectivity index (χ4v) is 3.98. The molecule has 2 rings (SSSR count). The smallest absolute Gasteiger partial charge is 0.244 e. The summed E-state index contributed by atoms with van der Waals surface area (Å²) in [5.74, 6) is 0.476. The van der Waals surface area contributed by atoms with E-state index >= 15 is 0 Å². The van der Waals surface area contributed by atoms with Crippen molar-refractivity contribution < 1.29 is 9.59 Å². The zero-order chi connectivity index (χ0) is 18.4. The zero-order valence-electron chi connectivity index (χ0n) is 16.3. The number of carbonyl (C=O) groups excluding carboxylic acids is 2. The third-order valence-electron chi connectivity index (χ3n) is 6.31. The van der Waals surface area contributed by atoms with Gasteiger partial charge in [0.05, 0.1) is 0 Å². The molecule has 3 atom stereocenters. The van der Waals surface area contributed by atoms with Crippen LogP contribution in [-0.4, -0.2) is 24.4 Å². The summed E-state index contributed by atoms with van der Waals surface area (Å²) >= 11 is 0. The van der Waals surface area contributed by atoms with Crippen LogP contribution in [0, 0.1) is 11.3 Å². The fourth-order valence-electron chi connectivity index (χ4n) is 3.98. The van der Waals surface area contributed by atoms with Crippen LogP contribution in [0.2, 0.25) is 0 Å². The quantitative estimate of drug-likeness (QED) is 0.586. The van der Waals surface area contributed by atoms with E-state index in [9.17, 15) is 9.59 Å². The molecule has 3 unspecified atom stereocenters. The highest BCUT2D eigenvalue weighted by Gasteiger charge is 2.34. The van der Waals surface area contributed by atoms with Crippen LogP contribution in [0.25, 0.3) is 0 Å². The summed E-state index contributed by atoms with van der Waals surface area (Å²) in [5, 5.41) is 5.72. The van der Waals surface area contributed by atoms with Gasteiger partial charge in [-0.3, -0.25) is 9.59 Å². The molecule has 0 aromatic heterocycles. The molecule has 0 bridgehead atoms. The summed E-state index contributed by atoms with van der Waals surface area (Å²) in [6, 6.07) is -0.389. The summed E-state index contributed by atoms with van der Waals surface area (Å²) in [6.07, 6.45) is 11.1. The maximum atomic E-state index is 12.3. The van der Waals surface area contributed by atoms with E-state index in [1.54, 1.807) is 6.08 Å². The first-order valence-corrected chi connectivity index (χ1v) is 9.75. The lowest BCUT2D eigenvalue weighted by atomic mass is 9.65. The normalized spacial score (nSPS) is 31.0. The second-order valence-corrected chi connectivity index (χ2v) is 8.12. The molecule has 0 spiro atoms. The first-order chi connectivity index (χ1) is 11.8. The molecule has 4 heteroatoms. The van der Waals surface area contributed by atoms with Gasteiger partial charge in [-0.25, -0.2) is 0 Å². The second kappa shape index (κ2) is 8.68. The first-order valence-electron chi connectivity index (χ1n) is 9.75. The van der Waals surface area contributed by atoms with Gasteiger partial charge in [-0.05, 0) is 70.1 Å². The van der Waals surface area contributed by atoms with Crippen LogP contribution >= 0.6 is 0 Å². The van der Waals surface area contributed by atoms with E-state index < -0.39 is 0 Å². The summed E-state index contributed by atoms with van der Waals surface area (Å²) in [7, 11) is 0. The van der Waals surface area contributed by atoms with Gasteiger partial charge < -0.3 is 10.6 Å². The van der Waals surface area contributed by atoms with Crippen LogP contribution in [0.15, 0.2) is 23.3 Å². The molecule has 0 aromatic carbocycles. The first kappa shape index (κ1) is 19.7. The van der Waals surface area contributed by atoms with E-state index in [1.807, 2.05) is 6.92 Å². The van der Waals surface area contributed by atoms with Crippen LogP contribution in [0.4, 0.5) is 0 Å². The van der Waals surface area contributed by atoms with E-state index in [2.05, 4.69) is 37.5 Å². The second-order valence-electron chi connectivity index (χ2n) is 8.12. The molecule has 0 radical (unpaired) electrons. The van der Waals surface area contributed by atoms with Gasteiger partial charge in [-0.2, -0.15) is 0 Å². The molecular weight excluding hydrogens is 312 g/mol. The van der Waals surface area contributed by atoms with Crippen LogP contribution in [0.5, 0.6) is 0 Å². The highest BCUT2D eigenvalue weighted by molar-refractivity contribution is 5.93. The van der Waals surface area contributed by atoms with E-state index in [-0.39, 0.29) is 23.3 Å². The molecule has 2 N–H and O–H groups in total. The lowest BCUT2D eigenvalue weighted by molar-refractivity contribution is -0.126. The third kappa shape index (κ3) is 5.20. The number of hydrogen-bond donors (Lipinski definition) is 2. The highest BCUT2D eigenvalue weighted by atomic mass is 16.2. The van der Waals surface area contributed by atoms with Gasteiger partial charge in [-0.1, -0.05) is 31.1 Å². The van der Waals surface area contributed by atoms with Crippen molar-refractivity contribution in [1.82, 2.24) is 10.6 Å². The predicted octanol–water partition coefficient (Wildman–Crippen LogP) is 3.88. The van der Waals surface area contributed by atoms with E-state index in [0.717, 1.165) is 37.7 Å². The average Bonchev–Trinajstić information content (AvgIpc) is 2.76. The molecular formula is C21H34N2O2. The Morgan fingerprint density at radius 2 is 2.16 bits per heavy atom. The van der Waals surface area contributed by atoms with Crippen molar-refractivity contribution >= 4 is 11.8 Å². The lowest BCUT2D eigenvalue weighted by Gasteiger charge is -2.40. The SMILES string of the molecule is CC(=CC(=O)NC1CCCCNC1=O)CCC1(C)C(C)=CCCC1C. The van der Waals surface area contributed by atoms with Gasteiger partial charge in [0, 0.05) is 12.6 Å². The molecule has 0 aromatic rings. The van der Waals surface area contributed by atoms with E-state index in [1.165, 1.54) is 18.4 Å². The van der Waals surface area contributed by atoms with Crippen molar-refractivity contribution in [3.05, 3.63) is 23.3 Å². The standard InChI is InChI=1S/C21H34N2O2/c1-15(11-12-21(4)16(2)8-7-9-17(21)3)14-19(24)23-18-10-5-6-13-22-20(18)25/h8,14,17-18H,5-7,9-13H2,1-4H3,(H,22,25)(H,23,24). The average molecular weight is 347 g/mol. The molecule has 140 valence electrons. The van der Waals surface area contributed by atoms with Gasteiger partial charge in [0.25, 0.3) is 0 Å². The number of carbonyl (C=O) groups is 2. The molecule has 2 aliphatic rings. The van der Waals surface area contributed by atoms with Crippen LogP contribution in [0.3, 0.4) is 0 Å². The Balaban J connectivity index is 1.90.